The van der Waals surface area contributed by atoms with Crippen LogP contribution in [0.1, 0.15) is 16.7 Å². The summed E-state index contributed by atoms with van der Waals surface area (Å²) in [5.41, 5.74) is -2.38. The maximum atomic E-state index is 12.7. The van der Waals surface area contributed by atoms with Gasteiger partial charge in [0.15, 0.2) is 0 Å². The van der Waals surface area contributed by atoms with Gasteiger partial charge in [0, 0.05) is 5.69 Å². The summed E-state index contributed by atoms with van der Waals surface area (Å²) >= 11 is 0. The maximum absolute atomic E-state index is 12.7. The fraction of sp³-hybridized carbons (Fsp3) is 0.111. The van der Waals surface area contributed by atoms with Crippen molar-refractivity contribution in [3.05, 3.63) is 70.8 Å². The van der Waals surface area contributed by atoms with Crippen molar-refractivity contribution >= 4 is 17.7 Å². The van der Waals surface area contributed by atoms with Crippen LogP contribution in [0.4, 0.5) is 32.0 Å². The smallest absolute Gasteiger partial charge is 0.321 e. The average molecular weight is 384 g/mol. The number of nitrogens with one attached hydrogen (secondary N) is 1. The molecule has 0 saturated carbocycles. The molecule has 27 heavy (non-hydrogen) atoms. The molecule has 0 aliphatic heterocycles. The minimum atomic E-state index is -4.60. The fourth-order valence-electron chi connectivity index (χ4n) is 2.06. The Morgan fingerprint density at radius 2 is 1.52 bits per heavy atom. The van der Waals surface area contributed by atoms with E-state index in [2.05, 4.69) is 5.32 Å². The van der Waals surface area contributed by atoms with Crippen molar-refractivity contribution in [2.45, 2.75) is 12.4 Å². The van der Waals surface area contributed by atoms with E-state index in [0.29, 0.717) is 6.07 Å². The second-order valence-corrected chi connectivity index (χ2v) is 5.32. The van der Waals surface area contributed by atoms with Crippen LogP contribution in [0.3, 0.4) is 0 Å². The fourth-order valence-corrected chi connectivity index (χ4v) is 2.06. The van der Waals surface area contributed by atoms with Gasteiger partial charge in [-0.1, -0.05) is 18.2 Å². The summed E-state index contributed by atoms with van der Waals surface area (Å²) in [7, 11) is 0. The highest BCUT2D eigenvalue weighted by atomic mass is 19.4. The number of anilines is 1. The van der Waals surface area contributed by atoms with Gasteiger partial charge in [0.25, 0.3) is 5.91 Å². The number of benzene rings is 2. The third-order valence-electron chi connectivity index (χ3n) is 3.36. The van der Waals surface area contributed by atoms with Crippen molar-refractivity contribution in [1.29, 1.82) is 5.26 Å². The van der Waals surface area contributed by atoms with Crippen LogP contribution in [0.25, 0.3) is 6.08 Å². The average Bonchev–Trinajstić information content (AvgIpc) is 2.58. The van der Waals surface area contributed by atoms with Crippen molar-refractivity contribution in [2.24, 2.45) is 0 Å². The molecule has 3 nitrogen and oxygen atoms in total. The third kappa shape index (κ3) is 5.34. The molecule has 0 aromatic heterocycles. The molecular weight excluding hydrogens is 374 g/mol. The number of hydrogen-bond acceptors (Lipinski definition) is 2. The molecule has 9 heteroatoms. The molecular formula is C18H10F6N2O. The zero-order valence-electron chi connectivity index (χ0n) is 13.3. The molecule has 2 rings (SSSR count). The quantitative estimate of drug-likeness (QED) is 0.445. The Labute approximate surface area is 149 Å². The number of amides is 1. The molecule has 1 N–H and O–H groups in total. The molecule has 0 bridgehead atoms. The largest absolute Gasteiger partial charge is 0.416 e. The summed E-state index contributed by atoms with van der Waals surface area (Å²) in [5.74, 6) is -0.989. The van der Waals surface area contributed by atoms with Crippen molar-refractivity contribution in [3.8, 4) is 6.07 Å². The monoisotopic (exact) mass is 384 g/mol. The Bertz CT molecular complexity index is 905. The lowest BCUT2D eigenvalue weighted by Gasteiger charge is -2.09. The molecule has 0 heterocycles. The van der Waals surface area contributed by atoms with Crippen LogP contribution >= 0.6 is 0 Å². The van der Waals surface area contributed by atoms with Crippen LogP contribution in [-0.2, 0) is 17.1 Å². The molecule has 140 valence electrons. The summed E-state index contributed by atoms with van der Waals surface area (Å²) in [6.45, 7) is 0. The van der Waals surface area contributed by atoms with Crippen LogP contribution in [0, 0.1) is 11.3 Å². The highest BCUT2D eigenvalue weighted by Crippen LogP contribution is 2.31. The molecule has 0 aliphatic carbocycles. The van der Waals surface area contributed by atoms with Gasteiger partial charge in [0.2, 0.25) is 0 Å². The minimum absolute atomic E-state index is 0.152. The molecule has 0 unspecified atom stereocenters. The van der Waals surface area contributed by atoms with Gasteiger partial charge in [-0.2, -0.15) is 31.6 Å². The molecule has 1 amide bonds. The molecule has 0 aliphatic rings. The SMILES string of the molecule is N#C/C(=C\c1ccc(C(F)(F)F)cc1)C(=O)Nc1cccc(C(F)(F)F)c1. The first-order chi connectivity index (χ1) is 12.5. The third-order valence-corrected chi connectivity index (χ3v) is 3.36. The van der Waals surface area contributed by atoms with E-state index >= 15 is 0 Å². The van der Waals surface area contributed by atoms with E-state index in [-0.39, 0.29) is 11.3 Å². The van der Waals surface area contributed by atoms with E-state index in [1.165, 1.54) is 6.07 Å². The van der Waals surface area contributed by atoms with E-state index in [1.54, 1.807) is 6.07 Å². The summed E-state index contributed by atoms with van der Waals surface area (Å²) < 4.78 is 75.6. The molecule has 0 atom stereocenters. The van der Waals surface area contributed by atoms with Crippen molar-refractivity contribution in [3.63, 3.8) is 0 Å². The summed E-state index contributed by atoms with van der Waals surface area (Å²) in [5, 5.41) is 11.2. The van der Waals surface area contributed by atoms with Gasteiger partial charge in [0.05, 0.1) is 11.1 Å². The van der Waals surface area contributed by atoms with Crippen LogP contribution in [0.15, 0.2) is 54.1 Å². The number of nitrogens with zero attached hydrogens (tertiary/aromatic N) is 1. The zero-order chi connectivity index (χ0) is 20.2. The van der Waals surface area contributed by atoms with Gasteiger partial charge < -0.3 is 5.32 Å². The molecule has 2 aromatic carbocycles. The number of hydrogen-bond donors (Lipinski definition) is 1. The topological polar surface area (TPSA) is 52.9 Å². The number of carbonyl (C=O) groups excluding carboxylic acids is 1. The summed E-state index contributed by atoms with van der Waals surface area (Å²) in [6, 6.07) is 9.08. The van der Waals surface area contributed by atoms with Crippen LogP contribution in [0.2, 0.25) is 0 Å². The van der Waals surface area contributed by atoms with Crippen molar-refractivity contribution < 1.29 is 31.1 Å². The molecule has 0 fully saturated rings. The van der Waals surface area contributed by atoms with Gasteiger partial charge in [-0.15, -0.1) is 0 Å². The lowest BCUT2D eigenvalue weighted by atomic mass is 10.1. The first-order valence-corrected chi connectivity index (χ1v) is 7.28. The Balaban J connectivity index is 2.21. The first kappa shape index (κ1) is 20.0. The Morgan fingerprint density at radius 1 is 0.926 bits per heavy atom. The zero-order valence-corrected chi connectivity index (χ0v) is 13.3. The second kappa shape index (κ2) is 7.53. The summed E-state index contributed by atoms with van der Waals surface area (Å²) in [4.78, 5) is 12.1. The van der Waals surface area contributed by atoms with Gasteiger partial charge >= 0.3 is 12.4 Å². The van der Waals surface area contributed by atoms with Crippen LogP contribution < -0.4 is 5.32 Å². The lowest BCUT2D eigenvalue weighted by Crippen LogP contribution is -2.14. The van der Waals surface area contributed by atoms with E-state index < -0.39 is 35.0 Å². The summed E-state index contributed by atoms with van der Waals surface area (Å²) in [6.07, 6.45) is -8.10. The number of rotatable bonds is 3. The van der Waals surface area contributed by atoms with E-state index in [0.717, 1.165) is 42.5 Å². The van der Waals surface area contributed by atoms with Crippen molar-refractivity contribution in [2.75, 3.05) is 5.32 Å². The van der Waals surface area contributed by atoms with Crippen molar-refractivity contribution in [1.82, 2.24) is 0 Å². The lowest BCUT2D eigenvalue weighted by molar-refractivity contribution is -0.138. The van der Waals surface area contributed by atoms with E-state index in [1.807, 2.05) is 0 Å². The van der Waals surface area contributed by atoms with E-state index in [4.69, 9.17) is 5.26 Å². The Hall–Kier alpha value is -3.28. The Kier molecular flexibility index (Phi) is 5.59. The predicted octanol–water partition coefficient (Wildman–Crippen LogP) is 5.27. The van der Waals surface area contributed by atoms with Gasteiger partial charge in [-0.25, -0.2) is 0 Å². The molecule has 0 spiro atoms. The molecule has 2 aromatic rings. The predicted molar refractivity (Wildman–Crippen MR) is 85.1 cm³/mol. The number of halogens is 6. The second-order valence-electron chi connectivity index (χ2n) is 5.32. The van der Waals surface area contributed by atoms with Gasteiger partial charge in [-0.05, 0) is 42.0 Å². The van der Waals surface area contributed by atoms with Crippen LogP contribution in [0.5, 0.6) is 0 Å². The Morgan fingerprint density at radius 3 is 2.04 bits per heavy atom. The van der Waals surface area contributed by atoms with Gasteiger partial charge in [-0.3, -0.25) is 4.79 Å². The first-order valence-electron chi connectivity index (χ1n) is 7.28. The highest BCUT2D eigenvalue weighted by molar-refractivity contribution is 6.09. The number of carbonyl (C=O) groups is 1. The maximum Gasteiger partial charge on any atom is 0.416 e. The van der Waals surface area contributed by atoms with E-state index in [9.17, 15) is 31.1 Å². The number of alkyl halides is 6. The molecule has 0 saturated heterocycles. The normalized spacial score (nSPS) is 12.4. The molecule has 0 radical (unpaired) electrons. The van der Waals surface area contributed by atoms with Gasteiger partial charge in [0.1, 0.15) is 11.6 Å². The number of nitriles is 1. The minimum Gasteiger partial charge on any atom is -0.321 e. The standard InChI is InChI=1S/C18H10F6N2O/c19-17(20,21)13-6-4-11(5-7-13)8-12(10-25)16(27)26-15-3-1-2-14(9-15)18(22,23)24/h1-9H,(H,26,27)/b12-8+. The van der Waals surface area contributed by atoms with Crippen LogP contribution in [-0.4, -0.2) is 5.91 Å². The highest BCUT2D eigenvalue weighted by Gasteiger charge is 2.31.